The minimum Gasteiger partial charge on any atom is -0.307 e. The molecule has 2 heteroatoms. The zero-order valence-electron chi connectivity index (χ0n) is 29.5. The summed E-state index contributed by atoms with van der Waals surface area (Å²) in [6.07, 6.45) is 0. The van der Waals surface area contributed by atoms with Crippen molar-refractivity contribution in [2.24, 2.45) is 0 Å². The number of benzene rings is 9. The molecule has 11 aromatic rings. The lowest BCUT2D eigenvalue weighted by molar-refractivity contribution is 1.12. The van der Waals surface area contributed by atoms with E-state index in [1.165, 1.54) is 87.8 Å². The van der Waals surface area contributed by atoms with Crippen LogP contribution >= 0.6 is 0 Å². The molecule has 0 spiro atoms. The van der Waals surface area contributed by atoms with Crippen LogP contribution < -0.4 is 0 Å². The summed E-state index contributed by atoms with van der Waals surface area (Å²) in [5.74, 6) is 0. The van der Waals surface area contributed by atoms with Crippen LogP contribution in [-0.4, -0.2) is 9.13 Å². The second-order valence-corrected chi connectivity index (χ2v) is 14.1. The first-order valence-corrected chi connectivity index (χ1v) is 18.6. The van der Waals surface area contributed by atoms with Crippen molar-refractivity contribution in [3.63, 3.8) is 0 Å². The van der Waals surface area contributed by atoms with Gasteiger partial charge in [-0.15, -0.1) is 0 Å². The predicted octanol–water partition coefficient (Wildman–Crippen LogP) is 14.0. The molecule has 0 saturated carbocycles. The Morgan fingerprint density at radius 2 is 0.759 bits per heavy atom. The first-order valence-electron chi connectivity index (χ1n) is 18.6. The Morgan fingerprint density at radius 1 is 0.278 bits per heavy atom. The van der Waals surface area contributed by atoms with E-state index >= 15 is 0 Å². The van der Waals surface area contributed by atoms with Crippen molar-refractivity contribution in [1.82, 2.24) is 9.13 Å². The first-order chi connectivity index (χ1) is 26.8. The van der Waals surface area contributed by atoms with Gasteiger partial charge in [-0.1, -0.05) is 170 Å². The lowest BCUT2D eigenvalue weighted by Crippen LogP contribution is -2.00. The second-order valence-electron chi connectivity index (χ2n) is 14.1. The first kappa shape index (κ1) is 30.5. The lowest BCUT2D eigenvalue weighted by Gasteiger charge is -2.16. The minimum atomic E-state index is 1.13. The summed E-state index contributed by atoms with van der Waals surface area (Å²) in [5.41, 5.74) is 13.1. The van der Waals surface area contributed by atoms with Crippen LogP contribution in [0.25, 0.3) is 99.1 Å². The average molecular weight is 687 g/mol. The highest BCUT2D eigenvalue weighted by molar-refractivity contribution is 6.22. The Bertz CT molecular complexity index is 3120. The molecule has 54 heavy (non-hydrogen) atoms. The number of hydrogen-bond donors (Lipinski definition) is 0. The molecule has 0 bridgehead atoms. The molecule has 0 N–H and O–H groups in total. The fourth-order valence-electron chi connectivity index (χ4n) is 8.79. The van der Waals surface area contributed by atoms with E-state index in [-0.39, 0.29) is 0 Å². The van der Waals surface area contributed by atoms with Gasteiger partial charge in [0.15, 0.2) is 0 Å². The van der Waals surface area contributed by atoms with Crippen molar-refractivity contribution in [1.29, 1.82) is 0 Å². The van der Waals surface area contributed by atoms with E-state index < -0.39 is 0 Å². The maximum absolute atomic E-state index is 2.50. The molecule has 11 rings (SSSR count). The lowest BCUT2D eigenvalue weighted by atomic mass is 9.92. The maximum atomic E-state index is 2.50. The van der Waals surface area contributed by atoms with Crippen LogP contribution in [0.2, 0.25) is 0 Å². The third-order valence-corrected chi connectivity index (χ3v) is 11.1. The van der Waals surface area contributed by atoms with Gasteiger partial charge in [0, 0.05) is 33.1 Å². The van der Waals surface area contributed by atoms with Crippen molar-refractivity contribution in [3.8, 4) is 44.9 Å². The van der Waals surface area contributed by atoms with E-state index in [0.29, 0.717) is 0 Å². The maximum Gasteiger partial charge on any atom is 0.0789 e. The van der Waals surface area contributed by atoms with Crippen LogP contribution in [0.5, 0.6) is 0 Å². The number of rotatable bonds is 5. The topological polar surface area (TPSA) is 9.86 Å². The third kappa shape index (κ3) is 4.60. The Kier molecular flexibility index (Phi) is 6.90. The molecule has 252 valence electrons. The Hall–Kier alpha value is -7.16. The number of nitrogens with zero attached hydrogens (tertiary/aromatic N) is 2. The smallest absolute Gasteiger partial charge is 0.0789 e. The summed E-state index contributed by atoms with van der Waals surface area (Å²) in [4.78, 5) is 0. The van der Waals surface area contributed by atoms with Gasteiger partial charge in [-0.25, -0.2) is 0 Å². The molecular formula is C52H34N2. The van der Waals surface area contributed by atoms with Crippen LogP contribution in [0.15, 0.2) is 206 Å². The fourth-order valence-corrected chi connectivity index (χ4v) is 8.79. The molecular weight excluding hydrogens is 653 g/mol. The Labute approximate surface area is 313 Å². The summed E-state index contributed by atoms with van der Waals surface area (Å²) in [6.45, 7) is 0. The number of hydrogen-bond acceptors (Lipinski definition) is 0. The van der Waals surface area contributed by atoms with Gasteiger partial charge in [0.05, 0.1) is 22.2 Å². The third-order valence-electron chi connectivity index (χ3n) is 11.1. The van der Waals surface area contributed by atoms with Crippen LogP contribution in [0, 0.1) is 0 Å². The van der Waals surface area contributed by atoms with Gasteiger partial charge in [0.1, 0.15) is 0 Å². The Balaban J connectivity index is 1.26. The number of fused-ring (bicyclic) bond motifs is 7. The van der Waals surface area contributed by atoms with Crippen molar-refractivity contribution >= 4 is 54.3 Å². The molecule has 0 aliphatic heterocycles. The average Bonchev–Trinajstić information content (AvgIpc) is 3.77. The Morgan fingerprint density at radius 3 is 1.43 bits per heavy atom. The van der Waals surface area contributed by atoms with Crippen molar-refractivity contribution in [2.75, 3.05) is 0 Å². The van der Waals surface area contributed by atoms with Gasteiger partial charge in [0.25, 0.3) is 0 Å². The molecule has 2 aromatic heterocycles. The summed E-state index contributed by atoms with van der Waals surface area (Å²) in [7, 11) is 0. The molecule has 0 aliphatic carbocycles. The summed E-state index contributed by atoms with van der Waals surface area (Å²) < 4.78 is 4.99. The summed E-state index contributed by atoms with van der Waals surface area (Å²) in [5, 5.41) is 8.74. The number of aromatic nitrogens is 2. The highest BCUT2D eigenvalue weighted by Crippen LogP contribution is 2.47. The van der Waals surface area contributed by atoms with Gasteiger partial charge in [-0.3, -0.25) is 0 Å². The molecule has 0 radical (unpaired) electrons. The van der Waals surface area contributed by atoms with Crippen LogP contribution in [0.3, 0.4) is 0 Å². The second kappa shape index (κ2) is 12.2. The molecule has 2 nitrogen and oxygen atoms in total. The summed E-state index contributed by atoms with van der Waals surface area (Å²) >= 11 is 0. The standard InChI is InChI=1S/C52H34N2/c1-4-16-35(17-5-1)49-46-33-32-45-44-26-14-15-27-47(44)53(51(45)52(46)54(40-22-8-3-9-23-40)50(49)37-18-6-2-7-19-37)41-30-28-36(29-31-41)48-42-24-12-10-20-38(42)34-39-21-11-13-25-43(39)48/h1-34H. The van der Waals surface area contributed by atoms with Crippen LogP contribution in [-0.2, 0) is 0 Å². The van der Waals surface area contributed by atoms with Crippen molar-refractivity contribution in [3.05, 3.63) is 206 Å². The normalized spacial score (nSPS) is 11.7. The van der Waals surface area contributed by atoms with Crippen LogP contribution in [0.4, 0.5) is 0 Å². The van der Waals surface area contributed by atoms with Crippen LogP contribution in [0.1, 0.15) is 0 Å². The van der Waals surface area contributed by atoms with E-state index in [0.717, 1.165) is 11.4 Å². The zero-order valence-corrected chi connectivity index (χ0v) is 29.5. The van der Waals surface area contributed by atoms with E-state index in [2.05, 4.69) is 215 Å². The molecule has 0 saturated heterocycles. The highest BCUT2D eigenvalue weighted by Gasteiger charge is 2.26. The molecule has 0 unspecified atom stereocenters. The molecule has 2 heterocycles. The van der Waals surface area contributed by atoms with Gasteiger partial charge < -0.3 is 9.13 Å². The molecule has 0 aliphatic rings. The van der Waals surface area contributed by atoms with Crippen molar-refractivity contribution in [2.45, 2.75) is 0 Å². The minimum absolute atomic E-state index is 1.13. The van der Waals surface area contributed by atoms with E-state index in [1.807, 2.05) is 0 Å². The van der Waals surface area contributed by atoms with E-state index in [1.54, 1.807) is 0 Å². The van der Waals surface area contributed by atoms with Gasteiger partial charge >= 0.3 is 0 Å². The SMILES string of the molecule is c1ccc(-c2c(-c3ccccc3)n(-c3ccccc3)c3c2ccc2c4ccccc4n(-c4ccc(-c5c6ccccc6cc6ccccc56)cc4)c23)cc1. The molecule has 0 atom stereocenters. The number of para-hydroxylation sites is 2. The van der Waals surface area contributed by atoms with Crippen molar-refractivity contribution < 1.29 is 0 Å². The fraction of sp³-hybridized carbons (Fsp3) is 0. The molecule has 0 amide bonds. The highest BCUT2D eigenvalue weighted by atomic mass is 15.1. The van der Waals surface area contributed by atoms with E-state index in [4.69, 9.17) is 0 Å². The van der Waals surface area contributed by atoms with Gasteiger partial charge in [-0.05, 0) is 80.2 Å². The zero-order chi connectivity index (χ0) is 35.6. The van der Waals surface area contributed by atoms with Gasteiger partial charge in [-0.2, -0.15) is 0 Å². The quantitative estimate of drug-likeness (QED) is 0.160. The predicted molar refractivity (Wildman–Crippen MR) is 229 cm³/mol. The van der Waals surface area contributed by atoms with Gasteiger partial charge in [0.2, 0.25) is 0 Å². The molecule has 9 aromatic carbocycles. The summed E-state index contributed by atoms with van der Waals surface area (Å²) in [6, 6.07) is 75.2. The monoisotopic (exact) mass is 686 g/mol. The largest absolute Gasteiger partial charge is 0.307 e. The van der Waals surface area contributed by atoms with E-state index in [9.17, 15) is 0 Å². The molecule has 0 fully saturated rings.